The second kappa shape index (κ2) is 5.89. The van der Waals surface area contributed by atoms with Crippen LogP contribution in [0.1, 0.15) is 4.88 Å². The number of benzene rings is 2. The molecule has 0 radical (unpaired) electrons. The van der Waals surface area contributed by atoms with Gasteiger partial charge in [-0.05, 0) is 46.8 Å². The topological polar surface area (TPSA) is 27.1 Å². The molecule has 3 nitrogen and oxygen atoms in total. The second-order valence-electron chi connectivity index (χ2n) is 5.43. The molecule has 0 aliphatic heterocycles. The van der Waals surface area contributed by atoms with E-state index in [9.17, 15) is 0 Å². The van der Waals surface area contributed by atoms with Crippen LogP contribution >= 0.6 is 11.3 Å². The first-order chi connectivity index (χ1) is 11.3. The third-order valence-electron chi connectivity index (χ3n) is 3.89. The summed E-state index contributed by atoms with van der Waals surface area (Å²) in [7, 11) is 1.69. The normalized spacial score (nSPS) is 11.0. The standard InChI is InChI=1S/C19H16N2OS/c1-22-17-5-2-14(3-6-17)15-4-7-19-16(10-15)11-18(23-19)12-21-9-8-20-13-21/h2-11,13H,12H2,1H3. The molecule has 0 bridgehead atoms. The number of fused-ring (bicyclic) bond motifs is 1. The highest BCUT2D eigenvalue weighted by atomic mass is 32.1. The lowest BCUT2D eigenvalue weighted by atomic mass is 10.0. The van der Waals surface area contributed by atoms with Crippen molar-refractivity contribution in [3.63, 3.8) is 0 Å². The molecule has 2 aromatic carbocycles. The lowest BCUT2D eigenvalue weighted by molar-refractivity contribution is 0.415. The van der Waals surface area contributed by atoms with Crippen LogP contribution in [0.25, 0.3) is 21.2 Å². The maximum Gasteiger partial charge on any atom is 0.118 e. The Labute approximate surface area is 138 Å². The summed E-state index contributed by atoms with van der Waals surface area (Å²) in [4.78, 5) is 5.44. The van der Waals surface area contributed by atoms with Gasteiger partial charge in [0, 0.05) is 22.0 Å². The van der Waals surface area contributed by atoms with Gasteiger partial charge in [0.2, 0.25) is 0 Å². The van der Waals surface area contributed by atoms with Gasteiger partial charge in [0.25, 0.3) is 0 Å². The Hall–Kier alpha value is -2.59. The van der Waals surface area contributed by atoms with Crippen molar-refractivity contribution in [1.82, 2.24) is 9.55 Å². The molecule has 4 rings (SSSR count). The molecule has 0 amide bonds. The summed E-state index contributed by atoms with van der Waals surface area (Å²) >= 11 is 1.84. The highest BCUT2D eigenvalue weighted by Crippen LogP contribution is 2.31. The minimum Gasteiger partial charge on any atom is -0.497 e. The molecule has 0 aliphatic carbocycles. The third kappa shape index (κ3) is 2.85. The fourth-order valence-corrected chi connectivity index (χ4v) is 3.75. The molecule has 0 saturated carbocycles. The minimum atomic E-state index is 0.872. The number of methoxy groups -OCH3 is 1. The van der Waals surface area contributed by atoms with E-state index in [0.29, 0.717) is 0 Å². The Kier molecular flexibility index (Phi) is 3.60. The first kappa shape index (κ1) is 14.0. The summed E-state index contributed by atoms with van der Waals surface area (Å²) in [6, 6.07) is 17.1. The van der Waals surface area contributed by atoms with Crippen molar-refractivity contribution in [2.45, 2.75) is 6.54 Å². The van der Waals surface area contributed by atoms with E-state index in [2.05, 4.69) is 45.9 Å². The Balaban J connectivity index is 1.66. The van der Waals surface area contributed by atoms with Gasteiger partial charge in [-0.25, -0.2) is 4.98 Å². The largest absolute Gasteiger partial charge is 0.497 e. The van der Waals surface area contributed by atoms with Gasteiger partial charge in [-0.3, -0.25) is 0 Å². The van der Waals surface area contributed by atoms with E-state index < -0.39 is 0 Å². The molecule has 0 saturated heterocycles. The number of thiophene rings is 1. The third-order valence-corrected chi connectivity index (χ3v) is 4.99. The Morgan fingerprint density at radius 1 is 1.04 bits per heavy atom. The van der Waals surface area contributed by atoms with Gasteiger partial charge in [-0.1, -0.05) is 18.2 Å². The van der Waals surface area contributed by atoms with Crippen LogP contribution in [0, 0.1) is 0 Å². The van der Waals surface area contributed by atoms with E-state index in [1.54, 1.807) is 7.11 Å². The van der Waals surface area contributed by atoms with Crippen molar-refractivity contribution in [1.29, 1.82) is 0 Å². The van der Waals surface area contributed by atoms with E-state index >= 15 is 0 Å². The molecular weight excluding hydrogens is 304 g/mol. The van der Waals surface area contributed by atoms with Crippen LogP contribution in [-0.2, 0) is 6.54 Å². The molecule has 4 aromatic rings. The zero-order chi connectivity index (χ0) is 15.6. The summed E-state index contributed by atoms with van der Waals surface area (Å²) < 4.78 is 8.63. The van der Waals surface area contributed by atoms with Gasteiger partial charge >= 0.3 is 0 Å². The number of aromatic nitrogens is 2. The van der Waals surface area contributed by atoms with Crippen LogP contribution < -0.4 is 4.74 Å². The average Bonchev–Trinajstić information content (AvgIpc) is 3.23. The van der Waals surface area contributed by atoms with Crippen LogP contribution in [0.2, 0.25) is 0 Å². The molecule has 114 valence electrons. The lowest BCUT2D eigenvalue weighted by Crippen LogP contribution is -1.92. The molecule has 0 atom stereocenters. The predicted molar refractivity (Wildman–Crippen MR) is 95.1 cm³/mol. The van der Waals surface area contributed by atoms with Crippen molar-refractivity contribution in [2.75, 3.05) is 7.11 Å². The number of imidazole rings is 1. The monoisotopic (exact) mass is 320 g/mol. The quantitative estimate of drug-likeness (QED) is 0.539. The smallest absolute Gasteiger partial charge is 0.118 e. The fraction of sp³-hybridized carbons (Fsp3) is 0.105. The van der Waals surface area contributed by atoms with Gasteiger partial charge in [-0.2, -0.15) is 0 Å². The van der Waals surface area contributed by atoms with Gasteiger partial charge in [0.1, 0.15) is 5.75 Å². The summed E-state index contributed by atoms with van der Waals surface area (Å²) in [5, 5.41) is 1.29. The molecule has 0 fully saturated rings. The van der Waals surface area contributed by atoms with E-state index in [-0.39, 0.29) is 0 Å². The van der Waals surface area contributed by atoms with Crippen LogP contribution in [0.4, 0.5) is 0 Å². The van der Waals surface area contributed by atoms with E-state index in [4.69, 9.17) is 4.74 Å². The zero-order valence-corrected chi connectivity index (χ0v) is 13.6. The molecule has 4 heteroatoms. The maximum absolute atomic E-state index is 5.22. The first-order valence-electron chi connectivity index (χ1n) is 7.44. The summed E-state index contributed by atoms with van der Waals surface area (Å²) in [5.74, 6) is 0.882. The number of hydrogen-bond donors (Lipinski definition) is 0. The first-order valence-corrected chi connectivity index (χ1v) is 8.26. The van der Waals surface area contributed by atoms with Gasteiger partial charge in [0.05, 0.1) is 20.0 Å². The minimum absolute atomic E-state index is 0.872. The number of hydrogen-bond acceptors (Lipinski definition) is 3. The highest BCUT2D eigenvalue weighted by Gasteiger charge is 2.05. The van der Waals surface area contributed by atoms with Crippen molar-refractivity contribution in [2.24, 2.45) is 0 Å². The van der Waals surface area contributed by atoms with Crippen LogP contribution in [-0.4, -0.2) is 16.7 Å². The van der Waals surface area contributed by atoms with Crippen LogP contribution in [0.5, 0.6) is 5.75 Å². The molecule has 2 heterocycles. The van der Waals surface area contributed by atoms with Crippen LogP contribution in [0.3, 0.4) is 0 Å². The summed E-state index contributed by atoms with van der Waals surface area (Å²) in [5.41, 5.74) is 2.43. The van der Waals surface area contributed by atoms with Gasteiger partial charge < -0.3 is 9.30 Å². The van der Waals surface area contributed by atoms with Crippen LogP contribution in [0.15, 0.2) is 67.3 Å². The maximum atomic E-state index is 5.22. The number of ether oxygens (including phenoxy) is 1. The van der Waals surface area contributed by atoms with Gasteiger partial charge in [-0.15, -0.1) is 11.3 Å². The SMILES string of the molecule is COc1ccc(-c2ccc3sc(Cn4ccnc4)cc3c2)cc1. The highest BCUT2D eigenvalue weighted by molar-refractivity contribution is 7.19. The predicted octanol–water partition coefficient (Wildman–Crippen LogP) is 4.82. The van der Waals surface area contributed by atoms with Crippen molar-refractivity contribution in [3.05, 3.63) is 72.1 Å². The van der Waals surface area contributed by atoms with E-state index in [0.717, 1.165) is 12.3 Å². The second-order valence-corrected chi connectivity index (χ2v) is 6.60. The average molecular weight is 320 g/mol. The Bertz CT molecular complexity index is 924. The summed E-state index contributed by atoms with van der Waals surface area (Å²) in [6.07, 6.45) is 5.66. The Morgan fingerprint density at radius 2 is 1.87 bits per heavy atom. The number of nitrogens with zero attached hydrogens (tertiary/aromatic N) is 2. The zero-order valence-electron chi connectivity index (χ0n) is 12.8. The molecular formula is C19H16N2OS. The Morgan fingerprint density at radius 3 is 2.61 bits per heavy atom. The van der Waals surface area contributed by atoms with E-state index in [1.165, 1.54) is 26.1 Å². The number of rotatable bonds is 4. The molecule has 0 aliphatic rings. The molecule has 0 unspecified atom stereocenters. The van der Waals surface area contributed by atoms with E-state index in [1.807, 2.05) is 42.2 Å². The van der Waals surface area contributed by atoms with Crippen molar-refractivity contribution in [3.8, 4) is 16.9 Å². The fourth-order valence-electron chi connectivity index (χ4n) is 2.70. The van der Waals surface area contributed by atoms with Crippen molar-refractivity contribution < 1.29 is 4.74 Å². The molecule has 0 N–H and O–H groups in total. The molecule has 23 heavy (non-hydrogen) atoms. The lowest BCUT2D eigenvalue weighted by Gasteiger charge is -2.04. The molecule has 0 spiro atoms. The molecule has 2 aromatic heterocycles. The van der Waals surface area contributed by atoms with Gasteiger partial charge in [0.15, 0.2) is 0 Å². The summed E-state index contributed by atoms with van der Waals surface area (Å²) in [6.45, 7) is 0.872. The van der Waals surface area contributed by atoms with Crippen molar-refractivity contribution >= 4 is 21.4 Å².